The topological polar surface area (TPSA) is 15.3 Å². The highest BCUT2D eigenvalue weighted by molar-refractivity contribution is 5.00. The summed E-state index contributed by atoms with van der Waals surface area (Å²) in [6, 6.07) is 1.80. The molecule has 0 aromatic rings. The average Bonchev–Trinajstić information content (AvgIpc) is 2.88. The summed E-state index contributed by atoms with van der Waals surface area (Å²) in [7, 11) is 0. The van der Waals surface area contributed by atoms with Crippen molar-refractivity contribution in [1.29, 1.82) is 0 Å². The number of nitrogens with zero attached hydrogens (tertiary/aromatic N) is 1. The third kappa shape index (κ3) is 2.46. The summed E-state index contributed by atoms with van der Waals surface area (Å²) in [5.41, 5.74) is 0. The van der Waals surface area contributed by atoms with Crippen molar-refractivity contribution < 1.29 is 0 Å². The Bertz CT molecular complexity index is 258. The van der Waals surface area contributed by atoms with E-state index in [-0.39, 0.29) is 0 Å². The number of likely N-dealkylation sites (tertiary alicyclic amines) is 1. The van der Waals surface area contributed by atoms with Crippen LogP contribution in [0.4, 0.5) is 0 Å². The van der Waals surface area contributed by atoms with Gasteiger partial charge in [0.25, 0.3) is 0 Å². The van der Waals surface area contributed by atoms with E-state index < -0.39 is 0 Å². The lowest BCUT2D eigenvalue weighted by molar-refractivity contribution is 0.131. The van der Waals surface area contributed by atoms with Gasteiger partial charge in [0.2, 0.25) is 0 Å². The third-order valence-corrected chi connectivity index (χ3v) is 5.72. The van der Waals surface area contributed by atoms with Crippen LogP contribution in [-0.2, 0) is 0 Å². The fourth-order valence-electron chi connectivity index (χ4n) is 4.78. The van der Waals surface area contributed by atoms with E-state index in [1.54, 1.807) is 0 Å². The molecule has 0 radical (unpaired) electrons. The zero-order valence-corrected chi connectivity index (χ0v) is 12.0. The maximum Gasteiger partial charge on any atom is 0.0140 e. The second kappa shape index (κ2) is 5.92. The number of nitrogens with one attached hydrogen (secondary N) is 1. The average molecular weight is 250 g/mol. The summed E-state index contributed by atoms with van der Waals surface area (Å²) in [5, 5.41) is 3.61. The monoisotopic (exact) mass is 250 g/mol. The normalized spacial score (nSPS) is 39.5. The molecular formula is C16H30N2. The Hall–Kier alpha value is -0.0800. The fourth-order valence-corrected chi connectivity index (χ4v) is 4.78. The van der Waals surface area contributed by atoms with Gasteiger partial charge in [0.05, 0.1) is 0 Å². The van der Waals surface area contributed by atoms with Crippen LogP contribution in [0.15, 0.2) is 0 Å². The van der Waals surface area contributed by atoms with E-state index >= 15 is 0 Å². The van der Waals surface area contributed by atoms with Crippen molar-refractivity contribution in [3.8, 4) is 0 Å². The summed E-state index contributed by atoms with van der Waals surface area (Å²) in [4.78, 5) is 2.93. The van der Waals surface area contributed by atoms with Crippen LogP contribution in [0.2, 0.25) is 0 Å². The molecule has 2 aliphatic heterocycles. The van der Waals surface area contributed by atoms with Gasteiger partial charge in [-0.2, -0.15) is 0 Å². The van der Waals surface area contributed by atoms with E-state index in [2.05, 4.69) is 17.1 Å². The van der Waals surface area contributed by atoms with E-state index in [4.69, 9.17) is 0 Å². The molecule has 0 amide bonds. The van der Waals surface area contributed by atoms with E-state index in [0.29, 0.717) is 0 Å². The Morgan fingerprint density at radius 1 is 1.00 bits per heavy atom. The van der Waals surface area contributed by atoms with Gasteiger partial charge in [0.1, 0.15) is 0 Å². The molecule has 0 spiro atoms. The van der Waals surface area contributed by atoms with Crippen LogP contribution in [0.3, 0.4) is 0 Å². The van der Waals surface area contributed by atoms with Crippen LogP contribution in [0, 0.1) is 11.8 Å². The highest BCUT2D eigenvalue weighted by Crippen LogP contribution is 2.37. The quantitative estimate of drug-likeness (QED) is 0.810. The molecule has 0 bridgehead atoms. The molecule has 0 aromatic carbocycles. The summed E-state index contributed by atoms with van der Waals surface area (Å²) in [6.45, 7) is 6.36. The predicted molar refractivity (Wildman–Crippen MR) is 76.7 cm³/mol. The Morgan fingerprint density at radius 2 is 1.72 bits per heavy atom. The SMILES string of the molecule is CCC1C2CNCC2CN1C1CCCCCCC1. The van der Waals surface area contributed by atoms with Crippen LogP contribution in [-0.4, -0.2) is 36.6 Å². The Labute approximate surface area is 113 Å². The first-order valence-electron chi connectivity index (χ1n) is 8.36. The van der Waals surface area contributed by atoms with Crippen LogP contribution in [0.25, 0.3) is 0 Å². The minimum atomic E-state index is 0.884. The highest BCUT2D eigenvalue weighted by atomic mass is 15.2. The Kier molecular flexibility index (Phi) is 4.25. The summed E-state index contributed by atoms with van der Waals surface area (Å²) < 4.78 is 0. The fraction of sp³-hybridized carbons (Fsp3) is 1.00. The van der Waals surface area contributed by atoms with Gasteiger partial charge in [-0.25, -0.2) is 0 Å². The van der Waals surface area contributed by atoms with Gasteiger partial charge in [-0.05, 0) is 44.2 Å². The van der Waals surface area contributed by atoms with Crippen molar-refractivity contribution in [1.82, 2.24) is 10.2 Å². The minimum Gasteiger partial charge on any atom is -0.316 e. The summed E-state index contributed by atoms with van der Waals surface area (Å²) >= 11 is 0. The largest absolute Gasteiger partial charge is 0.316 e. The van der Waals surface area contributed by atoms with Crippen LogP contribution in [0.5, 0.6) is 0 Å². The highest BCUT2D eigenvalue weighted by Gasteiger charge is 2.45. The predicted octanol–water partition coefficient (Wildman–Crippen LogP) is 3.03. The smallest absolute Gasteiger partial charge is 0.0140 e. The minimum absolute atomic E-state index is 0.884. The molecule has 2 heterocycles. The third-order valence-electron chi connectivity index (χ3n) is 5.72. The lowest BCUT2D eigenvalue weighted by atomic mass is 9.91. The van der Waals surface area contributed by atoms with Crippen molar-refractivity contribution in [3.05, 3.63) is 0 Å². The second-order valence-corrected chi connectivity index (χ2v) is 6.75. The molecule has 3 aliphatic rings. The van der Waals surface area contributed by atoms with E-state index in [0.717, 1.165) is 23.9 Å². The second-order valence-electron chi connectivity index (χ2n) is 6.75. The van der Waals surface area contributed by atoms with Gasteiger partial charge >= 0.3 is 0 Å². The lowest BCUT2D eigenvalue weighted by Crippen LogP contribution is -2.42. The van der Waals surface area contributed by atoms with Gasteiger partial charge in [0.15, 0.2) is 0 Å². The van der Waals surface area contributed by atoms with Crippen molar-refractivity contribution in [2.24, 2.45) is 11.8 Å². The number of hydrogen-bond donors (Lipinski definition) is 1. The summed E-state index contributed by atoms with van der Waals surface area (Å²) in [5.74, 6) is 1.92. The van der Waals surface area contributed by atoms with E-state index in [1.807, 2.05) is 0 Å². The van der Waals surface area contributed by atoms with Crippen LogP contribution >= 0.6 is 0 Å². The molecule has 2 saturated heterocycles. The maximum atomic E-state index is 3.61. The number of hydrogen-bond acceptors (Lipinski definition) is 2. The first-order valence-corrected chi connectivity index (χ1v) is 8.36. The molecule has 3 fully saturated rings. The molecule has 1 N–H and O–H groups in total. The first kappa shape index (κ1) is 12.9. The first-order chi connectivity index (χ1) is 8.90. The van der Waals surface area contributed by atoms with Crippen LogP contribution < -0.4 is 5.32 Å². The molecule has 3 unspecified atom stereocenters. The van der Waals surface area contributed by atoms with E-state index in [9.17, 15) is 0 Å². The Balaban J connectivity index is 1.66. The van der Waals surface area contributed by atoms with Crippen molar-refractivity contribution in [2.75, 3.05) is 19.6 Å². The van der Waals surface area contributed by atoms with Gasteiger partial charge in [-0.3, -0.25) is 4.90 Å². The molecule has 0 aromatic heterocycles. The molecule has 3 rings (SSSR count). The molecule has 3 atom stereocenters. The zero-order valence-electron chi connectivity index (χ0n) is 12.0. The van der Waals surface area contributed by atoms with Gasteiger partial charge in [-0.1, -0.05) is 39.0 Å². The number of rotatable bonds is 2. The van der Waals surface area contributed by atoms with Crippen molar-refractivity contribution in [2.45, 2.75) is 70.4 Å². The lowest BCUT2D eigenvalue weighted by Gasteiger charge is -2.35. The molecule has 1 aliphatic carbocycles. The van der Waals surface area contributed by atoms with Crippen LogP contribution in [0.1, 0.15) is 58.3 Å². The molecular weight excluding hydrogens is 220 g/mol. The zero-order chi connectivity index (χ0) is 12.4. The molecule has 18 heavy (non-hydrogen) atoms. The maximum absolute atomic E-state index is 3.61. The summed E-state index contributed by atoms with van der Waals surface area (Å²) in [6.07, 6.45) is 11.7. The van der Waals surface area contributed by atoms with Gasteiger partial charge in [-0.15, -0.1) is 0 Å². The number of fused-ring (bicyclic) bond motifs is 1. The molecule has 2 nitrogen and oxygen atoms in total. The molecule has 104 valence electrons. The van der Waals surface area contributed by atoms with Crippen molar-refractivity contribution >= 4 is 0 Å². The van der Waals surface area contributed by atoms with Gasteiger partial charge in [0, 0.05) is 18.6 Å². The molecule has 1 saturated carbocycles. The van der Waals surface area contributed by atoms with E-state index in [1.165, 1.54) is 71.0 Å². The molecule has 2 heteroatoms. The Morgan fingerprint density at radius 3 is 2.44 bits per heavy atom. The van der Waals surface area contributed by atoms with Crippen molar-refractivity contribution in [3.63, 3.8) is 0 Å². The standard InChI is InChI=1S/C16H30N2/c1-2-16-15-11-17-10-13(15)12-18(16)14-8-6-4-3-5-7-9-14/h13-17H,2-12H2,1H3. The van der Waals surface area contributed by atoms with Gasteiger partial charge < -0.3 is 5.32 Å².